The highest BCUT2D eigenvalue weighted by atomic mass is 19.4. The molecule has 0 aromatic carbocycles. The molecule has 0 heterocycles. The number of carbonyl (C=O) groups is 7. The molecule has 0 aromatic heterocycles. The van der Waals surface area contributed by atoms with Gasteiger partial charge in [-0.15, -0.1) is 0 Å². The predicted molar refractivity (Wildman–Crippen MR) is 233 cm³/mol. The number of alkyl halides is 12. The van der Waals surface area contributed by atoms with E-state index in [1.54, 1.807) is 69.2 Å². The number of aliphatic hydroxyl groups excluding tert-OH is 1. The van der Waals surface area contributed by atoms with Crippen LogP contribution in [0.3, 0.4) is 0 Å². The Labute approximate surface area is 410 Å². The van der Waals surface area contributed by atoms with E-state index in [-0.39, 0.29) is 75.0 Å². The molecule has 28 heteroatoms. The molecule has 1 unspecified atom stereocenters. The lowest BCUT2D eigenvalue weighted by Crippen LogP contribution is -2.51. The van der Waals surface area contributed by atoms with Crippen LogP contribution in [-0.2, 0) is 42.9 Å². The molecule has 5 N–H and O–H groups in total. The summed E-state index contributed by atoms with van der Waals surface area (Å²) in [7, 11) is 0. The lowest BCUT2D eigenvalue weighted by Gasteiger charge is -2.29. The molecule has 16 nitrogen and oxygen atoms in total. The Morgan fingerprint density at radius 1 is 0.528 bits per heavy atom. The first-order valence-electron chi connectivity index (χ1n) is 22.5. The van der Waals surface area contributed by atoms with Crippen LogP contribution in [0.25, 0.3) is 0 Å². The number of alkyl carbamates (subject to hydrolysis) is 2. The monoisotopic (exact) mass is 1070 g/mol. The second-order valence-electron chi connectivity index (χ2n) is 19.4. The van der Waals surface area contributed by atoms with Crippen molar-refractivity contribution in [2.45, 2.75) is 188 Å². The first-order chi connectivity index (χ1) is 32.3. The Hall–Kier alpha value is -4.47. The third-order valence-corrected chi connectivity index (χ3v) is 9.51. The van der Waals surface area contributed by atoms with Gasteiger partial charge in [0.05, 0.1) is 24.8 Å². The van der Waals surface area contributed by atoms with Crippen molar-refractivity contribution in [3.8, 4) is 0 Å². The highest BCUT2D eigenvalue weighted by Gasteiger charge is 2.59. The largest absolute Gasteiger partial charge is 0.444 e. The summed E-state index contributed by atoms with van der Waals surface area (Å²) in [5, 5.41) is 19.9. The molecule has 0 aliphatic rings. The van der Waals surface area contributed by atoms with Gasteiger partial charge in [-0.2, -0.15) is 52.7 Å². The van der Waals surface area contributed by atoms with E-state index in [1.807, 2.05) is 0 Å². The summed E-state index contributed by atoms with van der Waals surface area (Å²) in [6.45, 7) is 15.8. The van der Waals surface area contributed by atoms with Crippen LogP contribution in [-0.4, -0.2) is 139 Å². The average Bonchev–Trinajstić information content (AvgIpc) is 3.14. The normalized spacial score (nSPS) is 14.9. The van der Waals surface area contributed by atoms with Gasteiger partial charge in [0.1, 0.15) is 29.4 Å². The van der Waals surface area contributed by atoms with Crippen LogP contribution in [0.1, 0.15) is 122 Å². The summed E-state index contributed by atoms with van der Waals surface area (Å²) in [5.41, 5.74) is -1.56. The van der Waals surface area contributed by atoms with Crippen molar-refractivity contribution in [1.82, 2.24) is 21.3 Å². The number of rotatable bonds is 26. The van der Waals surface area contributed by atoms with Crippen molar-refractivity contribution in [3.05, 3.63) is 0 Å². The zero-order valence-corrected chi connectivity index (χ0v) is 42.2. The number of hydrogen-bond donors (Lipinski definition) is 5. The van der Waals surface area contributed by atoms with Gasteiger partial charge in [0.2, 0.25) is 24.0 Å². The molecule has 0 saturated carbocycles. The molecule has 422 valence electrons. The summed E-state index contributed by atoms with van der Waals surface area (Å²) < 4.78 is 171. The van der Waals surface area contributed by atoms with Crippen LogP contribution in [0.5, 0.6) is 0 Å². The molecule has 0 fully saturated rings. The van der Waals surface area contributed by atoms with Crippen molar-refractivity contribution in [2.75, 3.05) is 26.3 Å². The predicted octanol–water partition coefficient (Wildman–Crippen LogP) is 8.00. The van der Waals surface area contributed by atoms with E-state index in [9.17, 15) is 91.4 Å². The number of hydrogen-bond acceptors (Lipinski definition) is 12. The second-order valence-corrected chi connectivity index (χ2v) is 19.4. The van der Waals surface area contributed by atoms with Gasteiger partial charge in [-0.25, -0.2) is 9.59 Å². The molecule has 0 spiro atoms. The van der Waals surface area contributed by atoms with E-state index in [0.29, 0.717) is 0 Å². The first kappa shape index (κ1) is 69.6. The Kier molecular flexibility index (Phi) is 29.0. The number of ether oxygens (including phenoxy) is 4. The minimum Gasteiger partial charge on any atom is -0.444 e. The molecule has 0 rings (SSSR count). The molecule has 0 bridgehead atoms. The van der Waals surface area contributed by atoms with Crippen LogP contribution in [0.2, 0.25) is 0 Å². The smallest absolute Gasteiger partial charge is 0.423 e. The standard InChI is InChI=1S/C22H36F6N2O6.C22H34F6N2O6/c2*1-12(2)14(10-13(3)31)17(33)30-15(8-7-9-29-19(34)36-20(4,5)6)16(32)11-35-18(21(23,24)25)22(26,27)28/h12,14-16,18,32H,7-11H2,1-6H3,(H,29,34)(H,30,33);12,14-15,18H,7-11H2,1-6H3,(H,29,34)(H,30,33)/t14-,15-,16?;14-,15-/m00/s1. The number of carbonyl (C=O) groups excluding carboxylic acids is 7. The third-order valence-electron chi connectivity index (χ3n) is 9.51. The molecule has 72 heavy (non-hydrogen) atoms. The fourth-order valence-electron chi connectivity index (χ4n) is 6.09. The third kappa shape index (κ3) is 31.2. The van der Waals surface area contributed by atoms with Crippen molar-refractivity contribution in [3.63, 3.8) is 0 Å². The van der Waals surface area contributed by atoms with Gasteiger partial charge in [0, 0.05) is 37.8 Å². The Morgan fingerprint density at radius 2 is 0.875 bits per heavy atom. The average molecular weight is 1080 g/mol. The number of halogens is 12. The minimum absolute atomic E-state index is 0.0109. The molecular formula is C44H70F12N4O12. The second kappa shape index (κ2) is 30.0. The van der Waals surface area contributed by atoms with E-state index < -0.39 is 121 Å². The number of aliphatic hydroxyl groups is 1. The number of amides is 4. The van der Waals surface area contributed by atoms with Crippen molar-refractivity contribution >= 4 is 41.4 Å². The summed E-state index contributed by atoms with van der Waals surface area (Å²) in [4.78, 5) is 84.4. The van der Waals surface area contributed by atoms with E-state index >= 15 is 0 Å². The highest BCUT2D eigenvalue weighted by molar-refractivity contribution is 5.92. The zero-order chi connectivity index (χ0) is 57.0. The Morgan fingerprint density at radius 3 is 1.21 bits per heavy atom. The molecule has 0 aliphatic heterocycles. The van der Waals surface area contributed by atoms with Crippen LogP contribution in [0.4, 0.5) is 62.3 Å². The fraction of sp³-hybridized carbons (Fsp3) is 0.841. The van der Waals surface area contributed by atoms with Crippen LogP contribution in [0, 0.1) is 23.7 Å². The molecule has 0 saturated heterocycles. The quantitative estimate of drug-likeness (QED) is 0.0411. The highest BCUT2D eigenvalue weighted by Crippen LogP contribution is 2.37. The molecule has 0 aromatic rings. The molecule has 0 radical (unpaired) electrons. The fourth-order valence-corrected chi connectivity index (χ4v) is 6.09. The van der Waals surface area contributed by atoms with Crippen molar-refractivity contribution < 1.29 is 110 Å². The van der Waals surface area contributed by atoms with Gasteiger partial charge >= 0.3 is 36.9 Å². The van der Waals surface area contributed by atoms with E-state index in [0.717, 1.165) is 0 Å². The summed E-state index contributed by atoms with van der Waals surface area (Å²) in [5.74, 6) is -5.71. The van der Waals surface area contributed by atoms with Crippen LogP contribution in [0.15, 0.2) is 0 Å². The van der Waals surface area contributed by atoms with Crippen molar-refractivity contribution in [2.24, 2.45) is 23.7 Å². The maximum Gasteiger partial charge on any atom is 0.423 e. The van der Waals surface area contributed by atoms with Gasteiger partial charge in [0.15, 0.2) is 5.78 Å². The molecular weight excluding hydrogens is 1000 g/mol. The van der Waals surface area contributed by atoms with Gasteiger partial charge in [-0.3, -0.25) is 14.4 Å². The summed E-state index contributed by atoms with van der Waals surface area (Å²) >= 11 is 0. The summed E-state index contributed by atoms with van der Waals surface area (Å²) in [6, 6.07) is -2.85. The minimum atomic E-state index is -5.81. The molecule has 0 aliphatic carbocycles. The number of ketones is 3. The lowest BCUT2D eigenvalue weighted by atomic mass is 9.89. The number of nitrogens with one attached hydrogen (secondary N) is 4. The zero-order valence-electron chi connectivity index (χ0n) is 42.2. The molecule has 4 amide bonds. The summed E-state index contributed by atoms with van der Waals surface area (Å²) in [6.07, 6.45) is -35.5. The maximum atomic E-state index is 12.8. The van der Waals surface area contributed by atoms with E-state index in [2.05, 4.69) is 30.7 Å². The first-order valence-corrected chi connectivity index (χ1v) is 22.5. The molecule has 5 atom stereocenters. The van der Waals surface area contributed by atoms with Gasteiger partial charge in [-0.05, 0) is 92.9 Å². The Balaban J connectivity index is 0. The lowest BCUT2D eigenvalue weighted by molar-refractivity contribution is -0.325. The number of Topliss-reactive ketones (excluding diaryl/α,β-unsaturated/α-hetero) is 3. The van der Waals surface area contributed by atoms with Gasteiger partial charge < -0.3 is 54.9 Å². The Bertz CT molecular complexity index is 1700. The van der Waals surface area contributed by atoms with E-state index in [4.69, 9.17) is 9.47 Å². The van der Waals surface area contributed by atoms with Crippen molar-refractivity contribution in [1.29, 1.82) is 0 Å². The van der Waals surface area contributed by atoms with Crippen LogP contribution < -0.4 is 21.3 Å². The van der Waals surface area contributed by atoms with Gasteiger partial charge in [0.25, 0.3) is 0 Å². The maximum absolute atomic E-state index is 12.8. The van der Waals surface area contributed by atoms with Gasteiger partial charge in [-0.1, -0.05) is 27.7 Å². The SMILES string of the molecule is CC(=O)C[C@H](C(=O)N[C@@H](CCCNC(=O)OC(C)(C)C)C(=O)COC(C(F)(F)F)C(F)(F)F)C(C)C.CC(=O)C[C@H](C(=O)N[C@@H](CCCNC(=O)OC(C)(C)C)C(O)COC(C(F)(F)F)C(F)(F)F)C(C)C. The topological polar surface area (TPSA) is 225 Å². The van der Waals surface area contributed by atoms with E-state index in [1.165, 1.54) is 13.8 Å². The van der Waals surface area contributed by atoms with Crippen LogP contribution >= 0.6 is 0 Å².